The number of aliphatic hydroxyl groups is 2. The van der Waals surface area contributed by atoms with Gasteiger partial charge in [0.15, 0.2) is 5.78 Å². The zero-order valence-corrected chi connectivity index (χ0v) is 24.4. The number of hydrogen-bond donors (Lipinski definition) is 3. The van der Waals surface area contributed by atoms with Gasteiger partial charge in [-0.15, -0.1) is 0 Å². The lowest BCUT2D eigenvalue weighted by Crippen LogP contribution is -2.51. The number of aliphatic hydroxyl groups excluding tert-OH is 2. The summed E-state index contributed by atoms with van der Waals surface area (Å²) in [5.74, 6) is -1.14. The van der Waals surface area contributed by atoms with Crippen LogP contribution in [0, 0.1) is 5.92 Å². The molecule has 3 N–H and O–H groups in total. The molecule has 0 saturated carbocycles. The highest BCUT2D eigenvalue weighted by Crippen LogP contribution is 2.44. The van der Waals surface area contributed by atoms with Gasteiger partial charge in [0.1, 0.15) is 11.1 Å². The molecule has 220 valence electrons. The number of nitrogens with one attached hydrogen (secondary N) is 1. The van der Waals surface area contributed by atoms with Crippen molar-refractivity contribution in [3.05, 3.63) is 107 Å². The molecule has 1 aliphatic heterocycles. The van der Waals surface area contributed by atoms with Gasteiger partial charge in [-0.25, -0.2) is 4.79 Å². The van der Waals surface area contributed by atoms with Crippen molar-refractivity contribution >= 4 is 18.1 Å². The largest absolute Gasteiger partial charge is 0.444 e. The lowest BCUT2D eigenvalue weighted by Gasteiger charge is -2.33. The Kier molecular flexibility index (Phi) is 8.62. The van der Waals surface area contributed by atoms with Crippen molar-refractivity contribution in [2.24, 2.45) is 10.9 Å². The number of ketones is 1. The van der Waals surface area contributed by atoms with Crippen molar-refractivity contribution in [2.45, 2.75) is 81.8 Å². The maximum atomic E-state index is 14.4. The first kappa shape index (κ1) is 29.7. The number of amides is 1. The van der Waals surface area contributed by atoms with E-state index in [0.29, 0.717) is 19.3 Å². The number of ether oxygens (including phenoxy) is 1. The fraction of sp³-hybridized carbons (Fsp3) is 0.400. The molecule has 2 unspecified atom stereocenters. The fourth-order valence-corrected chi connectivity index (χ4v) is 6.35. The van der Waals surface area contributed by atoms with E-state index < -0.39 is 47.3 Å². The van der Waals surface area contributed by atoms with Crippen LogP contribution in [-0.4, -0.2) is 57.7 Å². The highest BCUT2D eigenvalue weighted by atomic mass is 16.6. The molecule has 7 heteroatoms. The van der Waals surface area contributed by atoms with E-state index in [1.54, 1.807) is 27.0 Å². The van der Waals surface area contributed by atoms with E-state index in [1.165, 1.54) is 0 Å². The van der Waals surface area contributed by atoms with Crippen LogP contribution in [0.25, 0.3) is 0 Å². The lowest BCUT2D eigenvalue weighted by molar-refractivity contribution is -0.127. The second kappa shape index (κ2) is 12.2. The van der Waals surface area contributed by atoms with Crippen LogP contribution >= 0.6 is 0 Å². The van der Waals surface area contributed by atoms with Crippen LogP contribution in [0.1, 0.15) is 55.4 Å². The Morgan fingerprint density at radius 2 is 1.62 bits per heavy atom. The molecule has 5 rings (SSSR count). The van der Waals surface area contributed by atoms with Crippen LogP contribution in [0.15, 0.2) is 89.9 Å². The highest BCUT2D eigenvalue weighted by Gasteiger charge is 2.52. The van der Waals surface area contributed by atoms with Gasteiger partial charge in [-0.05, 0) is 55.9 Å². The Morgan fingerprint density at radius 3 is 2.29 bits per heavy atom. The summed E-state index contributed by atoms with van der Waals surface area (Å²) < 4.78 is 5.51. The van der Waals surface area contributed by atoms with Gasteiger partial charge in [0.2, 0.25) is 0 Å². The van der Waals surface area contributed by atoms with Crippen molar-refractivity contribution in [3.63, 3.8) is 0 Å². The third-order valence-electron chi connectivity index (χ3n) is 8.24. The van der Waals surface area contributed by atoms with Gasteiger partial charge in [0.05, 0.1) is 24.2 Å². The number of carbonyl (C=O) groups excluding carboxylic acids is 2. The maximum absolute atomic E-state index is 14.4. The first-order valence-electron chi connectivity index (χ1n) is 14.7. The van der Waals surface area contributed by atoms with Crippen LogP contribution in [0.3, 0.4) is 0 Å². The predicted molar refractivity (Wildman–Crippen MR) is 163 cm³/mol. The van der Waals surface area contributed by atoms with Crippen molar-refractivity contribution in [3.8, 4) is 0 Å². The Labute approximate surface area is 247 Å². The SMILES string of the molecule is CC(C)(C)OC(=O)N[C@@H](Cc1ccccc1)[C@@H](O)C[C@]1(Cc2ccccc2)N=CC(C2c3ccccc3C[C@H]2O)C1=O. The normalized spacial score (nSPS) is 24.7. The summed E-state index contributed by atoms with van der Waals surface area (Å²) >= 11 is 0. The summed E-state index contributed by atoms with van der Waals surface area (Å²) in [7, 11) is 0. The molecular formula is C35H40N2O5. The van der Waals surface area contributed by atoms with E-state index in [9.17, 15) is 19.8 Å². The first-order valence-corrected chi connectivity index (χ1v) is 14.7. The van der Waals surface area contributed by atoms with Gasteiger partial charge < -0.3 is 20.3 Å². The minimum atomic E-state index is -1.26. The summed E-state index contributed by atoms with van der Waals surface area (Å²) in [6.45, 7) is 5.35. The van der Waals surface area contributed by atoms with Gasteiger partial charge >= 0.3 is 6.09 Å². The van der Waals surface area contributed by atoms with E-state index in [4.69, 9.17) is 9.73 Å². The van der Waals surface area contributed by atoms with Gasteiger partial charge in [0.25, 0.3) is 0 Å². The van der Waals surface area contributed by atoms with Crippen LogP contribution in [-0.2, 0) is 28.8 Å². The smallest absolute Gasteiger partial charge is 0.407 e. The fourth-order valence-electron chi connectivity index (χ4n) is 6.35. The van der Waals surface area contributed by atoms with Crippen LogP contribution in [0.5, 0.6) is 0 Å². The zero-order chi connectivity index (χ0) is 29.9. The summed E-state index contributed by atoms with van der Waals surface area (Å²) in [6, 6.07) is 26.4. The highest BCUT2D eigenvalue weighted by molar-refractivity contribution is 6.07. The van der Waals surface area contributed by atoms with Crippen molar-refractivity contribution in [1.29, 1.82) is 0 Å². The molecule has 0 aromatic heterocycles. The standard InChI is InChI=1S/C35H40N2O5/c1-34(2,3)42-33(41)37-28(18-23-12-6-4-7-13-23)30(39)21-35(20-24-14-8-5-9-15-24)32(40)27(22-36-35)31-26-17-11-10-16-25(26)19-29(31)38/h4-17,22,27-31,38-39H,18-21H2,1-3H3,(H,37,41)/t27?,28-,29+,30-,31?,35-/m0/s1. The second-order valence-corrected chi connectivity index (χ2v) is 12.6. The topological polar surface area (TPSA) is 108 Å². The minimum absolute atomic E-state index is 0.00544. The average Bonchev–Trinajstić information content (AvgIpc) is 3.43. The Morgan fingerprint density at radius 1 is 1.00 bits per heavy atom. The molecular weight excluding hydrogens is 528 g/mol. The number of fused-ring (bicyclic) bond motifs is 1. The minimum Gasteiger partial charge on any atom is -0.444 e. The molecule has 2 aliphatic rings. The number of benzene rings is 3. The second-order valence-electron chi connectivity index (χ2n) is 12.6. The van der Waals surface area contributed by atoms with E-state index in [0.717, 1.165) is 22.3 Å². The molecule has 3 aromatic carbocycles. The summed E-state index contributed by atoms with van der Waals surface area (Å²) in [4.78, 5) is 32.1. The number of carbonyl (C=O) groups is 2. The molecule has 0 fully saturated rings. The summed E-state index contributed by atoms with van der Waals surface area (Å²) in [6.07, 6.45) is 0.384. The lowest BCUT2D eigenvalue weighted by atomic mass is 9.74. The molecule has 0 bridgehead atoms. The molecule has 7 nitrogen and oxygen atoms in total. The Balaban J connectivity index is 1.45. The van der Waals surface area contributed by atoms with Gasteiger partial charge in [-0.3, -0.25) is 9.79 Å². The number of Topliss-reactive ketones (excluding diaryl/α,β-unsaturated/α-hetero) is 1. The predicted octanol–water partition coefficient (Wildman–Crippen LogP) is 4.83. The monoisotopic (exact) mass is 568 g/mol. The first-order chi connectivity index (χ1) is 20.0. The van der Waals surface area contributed by atoms with Crippen molar-refractivity contribution < 1.29 is 24.5 Å². The van der Waals surface area contributed by atoms with Crippen LogP contribution < -0.4 is 5.32 Å². The van der Waals surface area contributed by atoms with Gasteiger partial charge in [0, 0.05) is 25.0 Å². The van der Waals surface area contributed by atoms with E-state index in [1.807, 2.05) is 84.9 Å². The molecule has 42 heavy (non-hydrogen) atoms. The number of alkyl carbamates (subject to hydrolysis) is 1. The third kappa shape index (κ3) is 6.63. The number of rotatable bonds is 9. The summed E-state index contributed by atoms with van der Waals surface area (Å²) in [5.41, 5.74) is 1.90. The summed E-state index contributed by atoms with van der Waals surface area (Å²) in [5, 5.41) is 25.7. The molecule has 0 saturated heterocycles. The molecule has 1 heterocycles. The van der Waals surface area contributed by atoms with Crippen LogP contribution in [0.2, 0.25) is 0 Å². The zero-order valence-electron chi connectivity index (χ0n) is 24.4. The molecule has 0 radical (unpaired) electrons. The maximum Gasteiger partial charge on any atom is 0.407 e. The molecule has 0 spiro atoms. The van der Waals surface area contributed by atoms with E-state index in [-0.39, 0.29) is 12.2 Å². The van der Waals surface area contributed by atoms with E-state index >= 15 is 0 Å². The van der Waals surface area contributed by atoms with Gasteiger partial charge in [-0.1, -0.05) is 84.9 Å². The number of aliphatic imine (C=N–C) groups is 1. The molecule has 1 aliphatic carbocycles. The third-order valence-corrected chi connectivity index (χ3v) is 8.24. The quantitative estimate of drug-likeness (QED) is 0.343. The number of nitrogens with zero attached hydrogens (tertiary/aromatic N) is 1. The Bertz CT molecular complexity index is 1420. The number of hydrogen-bond acceptors (Lipinski definition) is 6. The van der Waals surface area contributed by atoms with E-state index in [2.05, 4.69) is 5.32 Å². The molecule has 6 atom stereocenters. The van der Waals surface area contributed by atoms with Crippen LogP contribution in [0.4, 0.5) is 4.79 Å². The Hall–Kier alpha value is -3.81. The average molecular weight is 569 g/mol. The molecule has 3 aromatic rings. The van der Waals surface area contributed by atoms with Gasteiger partial charge in [-0.2, -0.15) is 0 Å². The van der Waals surface area contributed by atoms with Crippen molar-refractivity contribution in [1.82, 2.24) is 5.32 Å². The molecule has 1 amide bonds. The van der Waals surface area contributed by atoms with Crippen molar-refractivity contribution in [2.75, 3.05) is 0 Å².